The first-order valence-corrected chi connectivity index (χ1v) is 15.4. The standard InChI is InChI=1S/2C6H5O.C5H12.C3H6O.C3H8.C2H6O2S.C2H6O.C2H6S.7CH4.Y/c2*7-6-4-2-1-3-5-6;1-5(2,3)4;1-3(2)4;1-3-2;1-5(2,3)4;2*1-3-2;;;;;;;;/h2*2-5,7H;1-4H3;1-2H3;3H2,1-2H3;1-2H3;2*1-2H3;7*1H4;/q2*-1;;;;;;;;;;;;;;. The van der Waals surface area contributed by atoms with Gasteiger partial charge in [0.15, 0.2) is 0 Å². The summed E-state index contributed by atoms with van der Waals surface area (Å²) in [5.74, 6) is 0.748. The molecule has 0 aliphatic heterocycles. The van der Waals surface area contributed by atoms with Gasteiger partial charge in [-0.2, -0.15) is 48.2 Å². The Kier molecular flexibility index (Phi) is 140. The molecule has 0 fully saturated rings. The van der Waals surface area contributed by atoms with Gasteiger partial charge in [-0.3, -0.25) is 0 Å². The first kappa shape index (κ1) is 90.4. The predicted octanol–water partition coefficient (Wildman–Crippen LogP) is 11.8. The molecule has 0 unspecified atom stereocenters. The number of hydrogen-bond acceptors (Lipinski definition) is 7. The third-order valence-corrected chi connectivity index (χ3v) is 1.40. The van der Waals surface area contributed by atoms with Crippen LogP contribution in [0.5, 0.6) is 11.5 Å². The fourth-order valence-corrected chi connectivity index (χ4v) is 0.756. The predicted molar refractivity (Wildman–Crippen MR) is 212 cm³/mol. The van der Waals surface area contributed by atoms with Gasteiger partial charge in [0.25, 0.3) is 0 Å². The molecule has 279 valence electrons. The number of hydrogen-bond donors (Lipinski definition) is 2. The third-order valence-electron chi connectivity index (χ3n) is 1.40. The van der Waals surface area contributed by atoms with Gasteiger partial charge in [0.2, 0.25) is 0 Å². The second-order valence-electron chi connectivity index (χ2n) is 9.09. The van der Waals surface area contributed by atoms with E-state index in [4.69, 9.17) is 10.2 Å². The van der Waals surface area contributed by atoms with Crippen LogP contribution in [0.1, 0.15) is 114 Å². The van der Waals surface area contributed by atoms with Gasteiger partial charge in [-0.05, 0) is 31.8 Å². The van der Waals surface area contributed by atoms with Crippen molar-refractivity contribution in [2.24, 2.45) is 5.41 Å². The minimum absolute atomic E-state index is 0. The van der Waals surface area contributed by atoms with Crippen molar-refractivity contribution in [3.05, 3.63) is 60.7 Å². The summed E-state index contributed by atoms with van der Waals surface area (Å²) in [6.07, 6.45) is 7.65. The molecular formula is C36H82O6S2Y-2. The molecule has 0 aliphatic rings. The molecule has 0 heterocycles. The molecule has 9 heteroatoms. The Morgan fingerprint density at radius 3 is 0.867 bits per heavy atom. The van der Waals surface area contributed by atoms with Crippen molar-refractivity contribution in [3.8, 4) is 11.5 Å². The number of thioether (sulfide) groups is 1. The fourth-order valence-electron chi connectivity index (χ4n) is 0.756. The van der Waals surface area contributed by atoms with E-state index in [1.165, 1.54) is 20.3 Å². The molecule has 0 aromatic heterocycles. The molecule has 0 bridgehead atoms. The average molecular weight is 764 g/mol. The molecule has 0 atom stereocenters. The number of sulfone groups is 1. The molecule has 2 aromatic carbocycles. The summed E-state index contributed by atoms with van der Waals surface area (Å²) < 4.78 is 23.5. The number of phenols is 2. The second-order valence-corrected chi connectivity index (χ2v) is 12.2. The summed E-state index contributed by atoms with van der Waals surface area (Å²) in [6, 6.07) is 18.5. The van der Waals surface area contributed by atoms with Crippen LogP contribution >= 0.6 is 11.8 Å². The smallest absolute Gasteiger partial charge is 0.144 e. The number of carbonyl (C=O) groups is 1. The zero-order valence-electron chi connectivity index (χ0n) is 26.2. The van der Waals surface area contributed by atoms with E-state index < -0.39 is 9.84 Å². The topological polar surface area (TPSA) is 101 Å². The molecule has 6 nitrogen and oxygen atoms in total. The van der Waals surface area contributed by atoms with Gasteiger partial charge in [0.05, 0.1) is 0 Å². The molecular weight excluding hydrogens is 681 g/mol. The summed E-state index contributed by atoms with van der Waals surface area (Å²) in [4.78, 5) is 9.44. The fraction of sp³-hybridized carbons (Fsp3) is 0.639. The van der Waals surface area contributed by atoms with Crippen LogP contribution in [-0.2, 0) is 52.1 Å². The number of phenolic OH excluding ortho intramolecular Hbond substituents is 2. The SMILES string of the molecule is C.C.C.C.C.C.C.CC(C)(C)C.CC(C)=O.CCC.COC.CS(C)(=O)=O.CSC.Oc1cc[c-]cc1.Oc1cc[c-]cc1.[Y]. The van der Waals surface area contributed by atoms with Crippen LogP contribution in [0.3, 0.4) is 0 Å². The molecule has 45 heavy (non-hydrogen) atoms. The van der Waals surface area contributed by atoms with Crippen LogP contribution in [-0.4, -0.2) is 63.7 Å². The Bertz CT molecular complexity index is 707. The van der Waals surface area contributed by atoms with Crippen molar-refractivity contribution in [1.29, 1.82) is 0 Å². The van der Waals surface area contributed by atoms with Crippen molar-refractivity contribution in [3.63, 3.8) is 0 Å². The number of ether oxygens (including phenoxy) is 1. The van der Waals surface area contributed by atoms with Crippen LogP contribution in [0.2, 0.25) is 0 Å². The quantitative estimate of drug-likeness (QED) is 0.258. The van der Waals surface area contributed by atoms with Crippen LogP contribution in [0, 0.1) is 17.5 Å². The van der Waals surface area contributed by atoms with Crippen LogP contribution < -0.4 is 0 Å². The van der Waals surface area contributed by atoms with Gasteiger partial charge in [-0.15, -0.1) is 24.3 Å². The van der Waals surface area contributed by atoms with Gasteiger partial charge in [-0.25, -0.2) is 8.42 Å². The van der Waals surface area contributed by atoms with E-state index >= 15 is 0 Å². The van der Waals surface area contributed by atoms with E-state index in [0.717, 1.165) is 12.5 Å². The number of Topliss-reactive ketones (excluding diaryl/α,β-unsaturated/α-hetero) is 1. The van der Waals surface area contributed by atoms with Gasteiger partial charge < -0.3 is 19.7 Å². The van der Waals surface area contributed by atoms with Gasteiger partial charge in [-0.1, -0.05) is 99.9 Å². The largest absolute Gasteiger partial charge is 0.533 e. The Morgan fingerprint density at radius 1 is 0.733 bits per heavy atom. The summed E-state index contributed by atoms with van der Waals surface area (Å²) in [5, 5.41) is 17.2. The molecule has 0 aliphatic carbocycles. The third kappa shape index (κ3) is 320. The molecule has 2 rings (SSSR count). The van der Waals surface area contributed by atoms with E-state index in [1.807, 2.05) is 12.5 Å². The van der Waals surface area contributed by atoms with Gasteiger partial charge in [0.1, 0.15) is 15.6 Å². The van der Waals surface area contributed by atoms with Crippen LogP contribution in [0.25, 0.3) is 0 Å². The second kappa shape index (κ2) is 69.7. The Morgan fingerprint density at radius 2 is 0.822 bits per heavy atom. The first-order valence-electron chi connectivity index (χ1n) is 11.5. The Hall–Kier alpha value is -0.926. The summed E-state index contributed by atoms with van der Waals surface area (Å²) in [6.45, 7) is 16.1. The molecule has 0 spiro atoms. The van der Waals surface area contributed by atoms with Crippen LogP contribution in [0.4, 0.5) is 0 Å². The molecule has 2 aromatic rings. The monoisotopic (exact) mass is 763 g/mol. The molecule has 0 saturated carbocycles. The summed E-state index contributed by atoms with van der Waals surface area (Å²) in [5.41, 5.74) is 0.500. The van der Waals surface area contributed by atoms with E-state index in [9.17, 15) is 13.2 Å². The number of methoxy groups -OCH3 is 1. The number of aromatic hydroxyl groups is 2. The van der Waals surface area contributed by atoms with E-state index in [1.54, 1.807) is 74.5 Å². The molecule has 1 radical (unpaired) electrons. The average Bonchev–Trinajstić information content (AvgIpc) is 2.69. The van der Waals surface area contributed by atoms with E-state index in [0.29, 0.717) is 16.9 Å². The zero-order valence-corrected chi connectivity index (χ0v) is 30.7. The maximum absolute atomic E-state index is 9.63. The Balaban J connectivity index is -0.0000000203. The van der Waals surface area contributed by atoms with E-state index in [-0.39, 0.29) is 90.5 Å². The minimum Gasteiger partial charge on any atom is -0.533 e. The van der Waals surface area contributed by atoms with Crippen molar-refractivity contribution in [1.82, 2.24) is 0 Å². The minimum atomic E-state index is -2.67. The first-order chi connectivity index (χ1) is 16.8. The van der Waals surface area contributed by atoms with E-state index in [2.05, 4.69) is 58.4 Å². The summed E-state index contributed by atoms with van der Waals surface area (Å²) >= 11 is 1.75. The molecule has 0 amide bonds. The normalized spacial score (nSPS) is 7.07. The number of carbonyl (C=O) groups excluding carboxylic acids is 1. The zero-order chi connectivity index (χ0) is 30.9. The maximum Gasteiger partial charge on any atom is 0.144 e. The molecule has 2 N–H and O–H groups in total. The van der Waals surface area contributed by atoms with Crippen molar-refractivity contribution in [2.75, 3.05) is 39.2 Å². The number of ketones is 1. The van der Waals surface area contributed by atoms with Crippen molar-refractivity contribution in [2.45, 2.75) is 114 Å². The molecule has 0 saturated heterocycles. The van der Waals surface area contributed by atoms with Crippen molar-refractivity contribution >= 4 is 27.4 Å². The number of benzene rings is 2. The maximum atomic E-state index is 9.63. The van der Waals surface area contributed by atoms with Gasteiger partial charge in [0, 0.05) is 70.9 Å². The number of rotatable bonds is 0. The van der Waals surface area contributed by atoms with Crippen molar-refractivity contribution < 1.29 is 60.9 Å². The Labute approximate surface area is 316 Å². The summed E-state index contributed by atoms with van der Waals surface area (Å²) in [7, 11) is 0.583. The van der Waals surface area contributed by atoms with Gasteiger partial charge >= 0.3 is 0 Å². The van der Waals surface area contributed by atoms with Crippen LogP contribution in [0.15, 0.2) is 48.5 Å².